The number of ether oxygens (including phenoxy) is 1. The molecule has 0 radical (unpaired) electrons. The lowest BCUT2D eigenvalue weighted by Crippen LogP contribution is -2.41. The van der Waals surface area contributed by atoms with E-state index in [2.05, 4.69) is 0 Å². The van der Waals surface area contributed by atoms with Crippen molar-refractivity contribution in [3.8, 4) is 11.8 Å². The van der Waals surface area contributed by atoms with Crippen molar-refractivity contribution in [3.63, 3.8) is 0 Å². The predicted octanol–water partition coefficient (Wildman–Crippen LogP) is 4.39. The first-order valence-corrected chi connectivity index (χ1v) is 8.65. The third kappa shape index (κ3) is 3.73. The van der Waals surface area contributed by atoms with E-state index in [0.717, 1.165) is 17.5 Å². The molecule has 0 aliphatic carbocycles. The maximum Gasteiger partial charge on any atom is 0.261 e. The molecule has 1 aliphatic heterocycles. The number of benzene rings is 2. The average Bonchev–Trinajstić information content (AvgIpc) is 2.62. The van der Waals surface area contributed by atoms with Crippen molar-refractivity contribution in [2.75, 3.05) is 13.2 Å². The van der Waals surface area contributed by atoms with Crippen LogP contribution in [0.2, 0.25) is 10.0 Å². The Kier molecular flexibility index (Phi) is 5.17. The fraction of sp³-hybridized carbons (Fsp3) is 0.263. The van der Waals surface area contributed by atoms with Crippen LogP contribution in [0, 0.1) is 11.3 Å². The molecule has 2 aromatic carbocycles. The fourth-order valence-electron chi connectivity index (χ4n) is 3.01. The van der Waals surface area contributed by atoms with E-state index in [1.807, 2.05) is 25.1 Å². The summed E-state index contributed by atoms with van der Waals surface area (Å²) < 4.78 is 5.55. The molecule has 1 unspecified atom stereocenters. The molecule has 1 amide bonds. The number of nitriles is 1. The molecule has 0 N–H and O–H groups in total. The molecule has 4 nitrogen and oxygen atoms in total. The summed E-state index contributed by atoms with van der Waals surface area (Å²) in [5.74, 6) is 0.473. The number of hydrogen-bond donors (Lipinski definition) is 0. The summed E-state index contributed by atoms with van der Waals surface area (Å²) in [5, 5.41) is 9.83. The molecule has 0 fully saturated rings. The Hall–Kier alpha value is -2.22. The van der Waals surface area contributed by atoms with Gasteiger partial charge in [-0.2, -0.15) is 5.26 Å². The first kappa shape index (κ1) is 17.6. The van der Waals surface area contributed by atoms with Gasteiger partial charge in [0.05, 0.1) is 27.7 Å². The van der Waals surface area contributed by atoms with E-state index in [1.54, 1.807) is 29.2 Å². The van der Waals surface area contributed by atoms with Crippen molar-refractivity contribution in [2.45, 2.75) is 19.4 Å². The van der Waals surface area contributed by atoms with Crippen molar-refractivity contribution in [1.82, 2.24) is 4.90 Å². The van der Waals surface area contributed by atoms with E-state index in [0.29, 0.717) is 27.9 Å². The Balaban J connectivity index is 1.68. The second-order valence-electron chi connectivity index (χ2n) is 5.90. The summed E-state index contributed by atoms with van der Waals surface area (Å²) in [6.45, 7) is 2.54. The van der Waals surface area contributed by atoms with Crippen LogP contribution in [0.1, 0.15) is 29.7 Å². The minimum atomic E-state index is -0.0893. The average molecular weight is 375 g/mol. The Morgan fingerprint density at radius 3 is 2.64 bits per heavy atom. The van der Waals surface area contributed by atoms with Crippen LogP contribution in [-0.4, -0.2) is 24.0 Å². The van der Waals surface area contributed by atoms with Crippen LogP contribution in [0.5, 0.6) is 5.75 Å². The smallest absolute Gasteiger partial charge is 0.261 e. The van der Waals surface area contributed by atoms with E-state index in [9.17, 15) is 4.79 Å². The molecule has 0 saturated carbocycles. The number of halogens is 2. The zero-order valence-corrected chi connectivity index (χ0v) is 15.1. The number of nitrogens with zero attached hydrogens (tertiary/aromatic N) is 2. The Labute approximate surface area is 156 Å². The van der Waals surface area contributed by atoms with Gasteiger partial charge in [-0.3, -0.25) is 4.79 Å². The van der Waals surface area contributed by atoms with Gasteiger partial charge in [0.1, 0.15) is 5.75 Å². The first-order chi connectivity index (χ1) is 12.0. The van der Waals surface area contributed by atoms with E-state index < -0.39 is 0 Å². The van der Waals surface area contributed by atoms with Gasteiger partial charge >= 0.3 is 0 Å². The van der Waals surface area contributed by atoms with Crippen molar-refractivity contribution in [2.24, 2.45) is 0 Å². The standard InChI is InChI=1S/C19H16Cl2N2O2/c1-12-16-9-18(21)17(20)8-14(16)6-7-23(12)19(24)11-25-15-4-2-13(10-22)3-5-15/h2-5,8-9,12H,6-7,11H2,1H3. The summed E-state index contributed by atoms with van der Waals surface area (Å²) in [6.07, 6.45) is 0.735. The number of rotatable bonds is 3. The Morgan fingerprint density at radius 2 is 1.96 bits per heavy atom. The molecule has 0 aromatic heterocycles. The molecule has 2 aromatic rings. The summed E-state index contributed by atoms with van der Waals surface area (Å²) in [4.78, 5) is 14.3. The lowest BCUT2D eigenvalue weighted by atomic mass is 9.93. The molecule has 0 spiro atoms. The van der Waals surface area contributed by atoms with E-state index in [1.165, 1.54) is 0 Å². The zero-order valence-electron chi connectivity index (χ0n) is 13.6. The summed E-state index contributed by atoms with van der Waals surface area (Å²) in [7, 11) is 0. The molecular formula is C19H16Cl2N2O2. The third-order valence-electron chi connectivity index (χ3n) is 4.39. The van der Waals surface area contributed by atoms with Crippen molar-refractivity contribution in [3.05, 3.63) is 63.1 Å². The number of carbonyl (C=O) groups is 1. The highest BCUT2D eigenvalue weighted by molar-refractivity contribution is 6.42. The van der Waals surface area contributed by atoms with Gasteiger partial charge in [0.2, 0.25) is 0 Å². The number of hydrogen-bond acceptors (Lipinski definition) is 3. The number of fused-ring (bicyclic) bond motifs is 1. The third-order valence-corrected chi connectivity index (χ3v) is 5.11. The van der Waals surface area contributed by atoms with Crippen molar-refractivity contribution < 1.29 is 9.53 Å². The van der Waals surface area contributed by atoms with Gasteiger partial charge < -0.3 is 9.64 Å². The Bertz CT molecular complexity index is 844. The van der Waals surface area contributed by atoms with Crippen LogP contribution in [0.4, 0.5) is 0 Å². The second-order valence-corrected chi connectivity index (χ2v) is 6.72. The molecule has 128 valence electrons. The van der Waals surface area contributed by atoms with Gasteiger partial charge in [-0.15, -0.1) is 0 Å². The molecule has 25 heavy (non-hydrogen) atoms. The van der Waals surface area contributed by atoms with Gasteiger partial charge in [-0.1, -0.05) is 23.2 Å². The molecule has 1 heterocycles. The summed E-state index contributed by atoms with van der Waals surface area (Å²) in [5.41, 5.74) is 2.70. The second kappa shape index (κ2) is 7.35. The minimum Gasteiger partial charge on any atom is -0.484 e. The maximum atomic E-state index is 12.6. The summed E-state index contributed by atoms with van der Waals surface area (Å²) in [6, 6.07) is 12.4. The van der Waals surface area contributed by atoms with Crippen LogP contribution in [0.3, 0.4) is 0 Å². The molecule has 1 atom stereocenters. The molecular weight excluding hydrogens is 359 g/mol. The van der Waals surface area contributed by atoms with Gasteiger partial charge in [-0.25, -0.2) is 0 Å². The highest BCUT2D eigenvalue weighted by Gasteiger charge is 2.28. The van der Waals surface area contributed by atoms with Gasteiger partial charge in [0, 0.05) is 6.54 Å². The lowest BCUT2D eigenvalue weighted by molar-refractivity contribution is -0.135. The number of amides is 1. The summed E-state index contributed by atoms with van der Waals surface area (Å²) >= 11 is 12.2. The zero-order chi connectivity index (χ0) is 18.0. The molecule has 6 heteroatoms. The monoisotopic (exact) mass is 374 g/mol. The molecule has 0 saturated heterocycles. The van der Waals surface area contributed by atoms with Crippen LogP contribution in [-0.2, 0) is 11.2 Å². The molecule has 3 rings (SSSR count). The first-order valence-electron chi connectivity index (χ1n) is 7.90. The quantitative estimate of drug-likeness (QED) is 0.800. The highest BCUT2D eigenvalue weighted by atomic mass is 35.5. The lowest BCUT2D eigenvalue weighted by Gasteiger charge is -2.35. The van der Waals surface area contributed by atoms with Crippen LogP contribution >= 0.6 is 23.2 Å². The van der Waals surface area contributed by atoms with E-state index in [4.69, 9.17) is 33.2 Å². The molecule has 0 bridgehead atoms. The van der Waals surface area contributed by atoms with Gasteiger partial charge in [0.25, 0.3) is 5.91 Å². The minimum absolute atomic E-state index is 0.0487. The fourth-order valence-corrected chi connectivity index (χ4v) is 3.36. The largest absolute Gasteiger partial charge is 0.484 e. The molecule has 1 aliphatic rings. The van der Waals surface area contributed by atoms with E-state index in [-0.39, 0.29) is 18.6 Å². The van der Waals surface area contributed by atoms with Gasteiger partial charge in [-0.05, 0) is 60.9 Å². The van der Waals surface area contributed by atoms with Crippen molar-refractivity contribution in [1.29, 1.82) is 5.26 Å². The number of carbonyl (C=O) groups excluding carboxylic acids is 1. The van der Waals surface area contributed by atoms with Crippen molar-refractivity contribution >= 4 is 29.1 Å². The van der Waals surface area contributed by atoms with Crippen LogP contribution < -0.4 is 4.74 Å². The predicted molar refractivity (Wildman–Crippen MR) is 96.9 cm³/mol. The SMILES string of the molecule is CC1c2cc(Cl)c(Cl)cc2CCN1C(=O)COc1ccc(C#N)cc1. The van der Waals surface area contributed by atoms with Crippen LogP contribution in [0.25, 0.3) is 0 Å². The maximum absolute atomic E-state index is 12.6. The Morgan fingerprint density at radius 1 is 1.28 bits per heavy atom. The topological polar surface area (TPSA) is 53.3 Å². The van der Waals surface area contributed by atoms with Gasteiger partial charge in [0.15, 0.2) is 6.61 Å². The van der Waals surface area contributed by atoms with Crippen LogP contribution in [0.15, 0.2) is 36.4 Å². The normalized spacial score (nSPS) is 16.1. The van der Waals surface area contributed by atoms with E-state index >= 15 is 0 Å². The highest BCUT2D eigenvalue weighted by Crippen LogP contribution is 2.35.